The minimum atomic E-state index is 0.331. The zero-order valence-corrected chi connectivity index (χ0v) is 28.1. The summed E-state index contributed by atoms with van der Waals surface area (Å²) in [5.74, 6) is 3.62. The van der Waals surface area contributed by atoms with Gasteiger partial charge in [-0.1, -0.05) is 128 Å². The van der Waals surface area contributed by atoms with Crippen molar-refractivity contribution in [2.45, 2.75) is 191 Å². The van der Waals surface area contributed by atoms with Gasteiger partial charge in [0.2, 0.25) is 0 Å². The number of hydrogen-bond donors (Lipinski definition) is 2. The monoisotopic (exact) mass is 598 g/mol. The number of phenols is 2. The maximum Gasteiger partial charge on any atom is 0.122 e. The normalized spacial score (nSPS) is 21.7. The van der Waals surface area contributed by atoms with Crippen molar-refractivity contribution in [3.8, 4) is 11.5 Å². The van der Waals surface area contributed by atoms with Gasteiger partial charge >= 0.3 is 0 Å². The lowest BCUT2D eigenvalue weighted by molar-refractivity contribution is 0.391. The zero-order chi connectivity index (χ0) is 30.3. The molecule has 0 atom stereocenters. The Kier molecular flexibility index (Phi) is 11.3. The number of phenolic OH excluding ortho intramolecular Hbond substituents is 2. The second-order valence-electron chi connectivity index (χ2n) is 15.5. The summed E-state index contributed by atoms with van der Waals surface area (Å²) in [6.45, 7) is 2.32. The molecule has 2 nitrogen and oxygen atoms in total. The number of unbranched alkanes of at least 4 members (excludes halogenated alkanes) is 2. The summed E-state index contributed by atoms with van der Waals surface area (Å²) in [6, 6.07) is 9.90. The van der Waals surface area contributed by atoms with Crippen LogP contribution in [0.15, 0.2) is 24.3 Å². The highest BCUT2D eigenvalue weighted by molar-refractivity contribution is 5.53. The predicted molar refractivity (Wildman–Crippen MR) is 186 cm³/mol. The van der Waals surface area contributed by atoms with Gasteiger partial charge in [0, 0.05) is 5.92 Å². The van der Waals surface area contributed by atoms with Crippen molar-refractivity contribution in [1.29, 1.82) is 0 Å². The molecule has 2 aromatic rings. The summed E-state index contributed by atoms with van der Waals surface area (Å²) in [5.41, 5.74) is 7.97. The van der Waals surface area contributed by atoms with E-state index in [0.29, 0.717) is 41.1 Å². The van der Waals surface area contributed by atoms with Gasteiger partial charge in [0.05, 0.1) is 0 Å². The molecule has 0 heterocycles. The first-order valence-corrected chi connectivity index (χ1v) is 19.4. The molecule has 4 saturated carbocycles. The van der Waals surface area contributed by atoms with E-state index in [9.17, 15) is 10.2 Å². The van der Waals surface area contributed by atoms with Crippen LogP contribution in [0.5, 0.6) is 11.5 Å². The molecule has 4 aliphatic rings. The molecule has 0 unspecified atom stereocenters. The Morgan fingerprint density at radius 2 is 0.773 bits per heavy atom. The number of hydrogen-bond acceptors (Lipinski definition) is 2. The largest absolute Gasteiger partial charge is 0.507 e. The Morgan fingerprint density at radius 3 is 1.05 bits per heavy atom. The lowest BCUT2D eigenvalue weighted by Gasteiger charge is -2.32. The van der Waals surface area contributed by atoms with Crippen LogP contribution in [0.3, 0.4) is 0 Å². The molecule has 4 fully saturated rings. The molecule has 0 amide bonds. The summed E-state index contributed by atoms with van der Waals surface area (Å²) >= 11 is 0. The Hall–Kier alpha value is -1.96. The maximum atomic E-state index is 11.9. The quantitative estimate of drug-likeness (QED) is 0.267. The number of benzene rings is 2. The van der Waals surface area contributed by atoms with Crippen LogP contribution in [0.4, 0.5) is 0 Å². The molecule has 0 radical (unpaired) electrons. The molecular weight excluding hydrogens is 536 g/mol. The van der Waals surface area contributed by atoms with E-state index >= 15 is 0 Å². The van der Waals surface area contributed by atoms with Crippen LogP contribution in [0.1, 0.15) is 224 Å². The van der Waals surface area contributed by atoms with E-state index in [4.69, 9.17) is 0 Å². The molecular formula is C42H62O2. The Balaban J connectivity index is 1.48. The molecule has 0 aromatic heterocycles. The molecule has 0 spiro atoms. The van der Waals surface area contributed by atoms with Gasteiger partial charge < -0.3 is 10.2 Å². The van der Waals surface area contributed by atoms with Crippen molar-refractivity contribution in [2.24, 2.45) is 0 Å². The second-order valence-corrected chi connectivity index (χ2v) is 15.5. The van der Waals surface area contributed by atoms with Gasteiger partial charge in [-0.2, -0.15) is 0 Å². The van der Waals surface area contributed by atoms with Crippen molar-refractivity contribution in [3.05, 3.63) is 57.6 Å². The summed E-state index contributed by atoms with van der Waals surface area (Å²) in [7, 11) is 0. The molecule has 0 saturated heterocycles. The lowest BCUT2D eigenvalue weighted by atomic mass is 9.74. The van der Waals surface area contributed by atoms with Gasteiger partial charge in [-0.05, 0) is 115 Å². The average molecular weight is 599 g/mol. The van der Waals surface area contributed by atoms with Crippen LogP contribution in [0.25, 0.3) is 0 Å². The Bertz CT molecular complexity index is 1020. The van der Waals surface area contributed by atoms with Crippen LogP contribution < -0.4 is 0 Å². The van der Waals surface area contributed by atoms with Crippen molar-refractivity contribution in [1.82, 2.24) is 0 Å². The highest BCUT2D eigenvalue weighted by Crippen LogP contribution is 2.49. The van der Waals surface area contributed by atoms with Crippen molar-refractivity contribution < 1.29 is 10.2 Å². The molecule has 2 N–H and O–H groups in total. The topological polar surface area (TPSA) is 40.5 Å². The van der Waals surface area contributed by atoms with Crippen molar-refractivity contribution in [3.63, 3.8) is 0 Å². The molecule has 0 bridgehead atoms. The minimum absolute atomic E-state index is 0.331. The Morgan fingerprint density at radius 1 is 0.477 bits per heavy atom. The van der Waals surface area contributed by atoms with Crippen LogP contribution in [0, 0.1) is 0 Å². The summed E-state index contributed by atoms with van der Waals surface area (Å²) in [4.78, 5) is 0. The fraction of sp³-hybridized carbons (Fsp3) is 0.714. The summed E-state index contributed by atoms with van der Waals surface area (Å²) in [5, 5.41) is 23.8. The van der Waals surface area contributed by atoms with Crippen LogP contribution >= 0.6 is 0 Å². The van der Waals surface area contributed by atoms with Crippen LogP contribution in [0.2, 0.25) is 0 Å². The molecule has 6 rings (SSSR count). The maximum absolute atomic E-state index is 11.9. The van der Waals surface area contributed by atoms with E-state index in [1.807, 2.05) is 0 Å². The minimum Gasteiger partial charge on any atom is -0.507 e. The average Bonchev–Trinajstić information content (AvgIpc) is 3.09. The smallest absolute Gasteiger partial charge is 0.122 e. The van der Waals surface area contributed by atoms with Gasteiger partial charge in [-0.3, -0.25) is 0 Å². The fourth-order valence-corrected chi connectivity index (χ4v) is 9.83. The highest BCUT2D eigenvalue weighted by atomic mass is 16.3. The van der Waals surface area contributed by atoms with Crippen LogP contribution in [-0.4, -0.2) is 10.2 Å². The van der Waals surface area contributed by atoms with E-state index in [-0.39, 0.29) is 0 Å². The van der Waals surface area contributed by atoms with E-state index < -0.39 is 0 Å². The SMILES string of the molecule is CCCCCC(c1cc(C2CCCCC2)c(O)c(C2CCCCC2)c1)c1cc(C2CCCCC2)c(O)c(C2CCCCC2)c1. The molecule has 0 aliphatic heterocycles. The van der Waals surface area contributed by atoms with E-state index in [0.717, 1.165) is 6.42 Å². The third-order valence-electron chi connectivity index (χ3n) is 12.5. The van der Waals surface area contributed by atoms with Crippen LogP contribution in [-0.2, 0) is 0 Å². The highest BCUT2D eigenvalue weighted by Gasteiger charge is 2.30. The predicted octanol–water partition coefficient (Wildman–Crippen LogP) is 13.0. The first-order valence-electron chi connectivity index (χ1n) is 19.4. The standard InChI is InChI=1S/C42H62O2/c1-2-3-8-25-36(34-26-37(30-17-9-4-10-18-30)41(43)38(27-34)31-19-11-5-12-20-31)35-28-39(32-21-13-6-14-22-32)42(44)40(29-35)33-23-15-7-16-24-33/h26-33,36,43-44H,2-25H2,1H3. The van der Waals surface area contributed by atoms with Gasteiger partial charge in [-0.25, -0.2) is 0 Å². The zero-order valence-electron chi connectivity index (χ0n) is 28.1. The molecule has 242 valence electrons. The first-order chi connectivity index (χ1) is 21.6. The van der Waals surface area contributed by atoms with E-state index in [2.05, 4.69) is 31.2 Å². The fourth-order valence-electron chi connectivity index (χ4n) is 9.83. The number of rotatable bonds is 10. The third-order valence-corrected chi connectivity index (χ3v) is 12.5. The summed E-state index contributed by atoms with van der Waals surface area (Å²) < 4.78 is 0. The Labute approximate surface area is 269 Å². The first kappa shape index (κ1) is 32.0. The van der Waals surface area contributed by atoms with E-state index in [1.54, 1.807) is 0 Å². The third kappa shape index (κ3) is 7.36. The van der Waals surface area contributed by atoms with Gasteiger partial charge in [0.25, 0.3) is 0 Å². The van der Waals surface area contributed by atoms with Gasteiger partial charge in [0.1, 0.15) is 11.5 Å². The second kappa shape index (κ2) is 15.6. The van der Waals surface area contributed by atoms with E-state index in [1.165, 1.54) is 181 Å². The number of aromatic hydroxyl groups is 2. The molecule has 2 heteroatoms. The van der Waals surface area contributed by atoms with Gasteiger partial charge in [0.15, 0.2) is 0 Å². The summed E-state index contributed by atoms with van der Waals surface area (Å²) in [6.07, 6.45) is 30.4. The van der Waals surface area contributed by atoms with Crippen molar-refractivity contribution in [2.75, 3.05) is 0 Å². The molecule has 4 aliphatic carbocycles. The molecule has 44 heavy (non-hydrogen) atoms. The van der Waals surface area contributed by atoms with Crippen molar-refractivity contribution >= 4 is 0 Å². The van der Waals surface area contributed by atoms with Gasteiger partial charge in [-0.15, -0.1) is 0 Å². The molecule has 2 aromatic carbocycles. The lowest BCUT2D eigenvalue weighted by Crippen LogP contribution is -2.14.